The molecule has 1 aromatic heterocycles. The van der Waals surface area contributed by atoms with Gasteiger partial charge in [0.1, 0.15) is 0 Å². The number of aryl methyl sites for hydroxylation is 1. The minimum atomic E-state index is -0.301. The van der Waals surface area contributed by atoms with Crippen molar-refractivity contribution < 1.29 is 4.79 Å². The first-order chi connectivity index (χ1) is 11.7. The van der Waals surface area contributed by atoms with Gasteiger partial charge in [-0.1, -0.05) is 48.8 Å². The molecule has 1 N–H and O–H groups in total. The van der Waals surface area contributed by atoms with Gasteiger partial charge in [-0.2, -0.15) is 0 Å². The Morgan fingerprint density at radius 2 is 1.80 bits per heavy atom. The van der Waals surface area contributed by atoms with Crippen molar-refractivity contribution in [1.82, 2.24) is 9.55 Å². The highest BCUT2D eigenvalue weighted by atomic mass is 35.5. The molecule has 1 amide bonds. The van der Waals surface area contributed by atoms with Crippen LogP contribution in [0.25, 0.3) is 0 Å². The molecule has 0 aliphatic carbocycles. The van der Waals surface area contributed by atoms with E-state index < -0.39 is 0 Å². The summed E-state index contributed by atoms with van der Waals surface area (Å²) in [4.78, 5) is 17.1. The average molecular weight is 400 g/mol. The lowest BCUT2D eigenvalue weighted by Crippen LogP contribution is -2.23. The number of anilines is 1. The number of thioether (sulfide) groups is 1. The van der Waals surface area contributed by atoms with Crippen LogP contribution in [0.3, 0.4) is 0 Å². The normalized spacial score (nSPS) is 12.5. The molecule has 0 bridgehead atoms. The molecule has 1 heterocycles. The summed E-state index contributed by atoms with van der Waals surface area (Å²) in [6.45, 7) is 11.1. The Kier molecular flexibility index (Phi) is 6.83. The van der Waals surface area contributed by atoms with Crippen molar-refractivity contribution in [3.05, 3.63) is 39.6 Å². The molecule has 0 spiro atoms. The van der Waals surface area contributed by atoms with Crippen LogP contribution in [0.1, 0.15) is 32.2 Å². The summed E-state index contributed by atoms with van der Waals surface area (Å²) >= 11 is 13.4. The first-order valence-electron chi connectivity index (χ1n) is 8.14. The molecule has 1 atom stereocenters. The maximum Gasteiger partial charge on any atom is 0.237 e. The van der Waals surface area contributed by atoms with Gasteiger partial charge in [0.25, 0.3) is 0 Å². The predicted molar refractivity (Wildman–Crippen MR) is 107 cm³/mol. The molecule has 2 aromatic rings. The van der Waals surface area contributed by atoms with E-state index in [4.69, 9.17) is 23.2 Å². The topological polar surface area (TPSA) is 46.9 Å². The van der Waals surface area contributed by atoms with E-state index >= 15 is 0 Å². The number of amides is 1. The third kappa shape index (κ3) is 5.40. The van der Waals surface area contributed by atoms with Crippen molar-refractivity contribution in [2.24, 2.45) is 5.92 Å². The Labute approximate surface area is 163 Å². The van der Waals surface area contributed by atoms with Gasteiger partial charge in [-0.3, -0.25) is 4.79 Å². The van der Waals surface area contributed by atoms with Crippen LogP contribution in [-0.2, 0) is 11.3 Å². The Morgan fingerprint density at radius 3 is 2.36 bits per heavy atom. The molecule has 0 saturated heterocycles. The lowest BCUT2D eigenvalue weighted by atomic mass is 10.2. The number of nitrogens with zero attached hydrogens (tertiary/aromatic N) is 2. The van der Waals surface area contributed by atoms with Crippen LogP contribution in [0.4, 0.5) is 5.69 Å². The number of hydrogen-bond donors (Lipinski definition) is 1. The summed E-state index contributed by atoms with van der Waals surface area (Å²) in [5.74, 6) is 0.391. The Bertz CT molecular complexity index is 754. The van der Waals surface area contributed by atoms with Gasteiger partial charge in [-0.15, -0.1) is 0 Å². The minimum absolute atomic E-state index is 0.113. The summed E-state index contributed by atoms with van der Waals surface area (Å²) in [5, 5.41) is 4.40. The van der Waals surface area contributed by atoms with E-state index in [1.165, 1.54) is 11.8 Å². The van der Waals surface area contributed by atoms with Gasteiger partial charge in [0, 0.05) is 28.0 Å². The summed E-state index contributed by atoms with van der Waals surface area (Å²) in [6, 6.07) is 4.98. The lowest BCUT2D eigenvalue weighted by Gasteiger charge is -2.15. The van der Waals surface area contributed by atoms with E-state index in [0.717, 1.165) is 23.1 Å². The standard InChI is InChI=1S/C18H23Cl2N3OS/c1-10(2)9-23-12(4)11(3)21-18(23)25-13(5)17(24)22-16-7-14(19)6-15(20)8-16/h6-8,10,13H,9H2,1-5H3,(H,22,24)/t13-/m0/s1. The van der Waals surface area contributed by atoms with Gasteiger partial charge in [0.15, 0.2) is 5.16 Å². The largest absolute Gasteiger partial charge is 0.325 e. The van der Waals surface area contributed by atoms with Crippen LogP contribution in [-0.4, -0.2) is 20.7 Å². The van der Waals surface area contributed by atoms with Gasteiger partial charge in [0.05, 0.1) is 10.9 Å². The van der Waals surface area contributed by atoms with Crippen molar-refractivity contribution in [2.75, 3.05) is 5.32 Å². The SMILES string of the molecule is Cc1nc(S[C@@H](C)C(=O)Nc2cc(Cl)cc(Cl)c2)n(CC(C)C)c1C. The first kappa shape index (κ1) is 20.1. The number of aromatic nitrogens is 2. The zero-order valence-corrected chi connectivity index (χ0v) is 17.4. The zero-order valence-electron chi connectivity index (χ0n) is 15.1. The third-order valence-electron chi connectivity index (χ3n) is 3.75. The summed E-state index contributed by atoms with van der Waals surface area (Å²) in [5.41, 5.74) is 2.73. The molecule has 2 rings (SSSR count). The van der Waals surface area contributed by atoms with Gasteiger partial charge in [-0.05, 0) is 44.9 Å². The highest BCUT2D eigenvalue weighted by Gasteiger charge is 2.20. The second-order valence-corrected chi connectivity index (χ2v) is 8.66. The fourth-order valence-corrected chi connectivity index (χ4v) is 3.91. The molecule has 7 heteroatoms. The smallest absolute Gasteiger partial charge is 0.237 e. The van der Waals surface area contributed by atoms with Crippen LogP contribution >= 0.6 is 35.0 Å². The molecular weight excluding hydrogens is 377 g/mol. The number of imidazole rings is 1. The van der Waals surface area contributed by atoms with Crippen molar-refractivity contribution in [3.63, 3.8) is 0 Å². The highest BCUT2D eigenvalue weighted by Crippen LogP contribution is 2.28. The zero-order chi connectivity index (χ0) is 18.7. The molecule has 0 fully saturated rings. The Balaban J connectivity index is 2.12. The van der Waals surface area contributed by atoms with E-state index in [1.807, 2.05) is 13.8 Å². The fraction of sp³-hybridized carbons (Fsp3) is 0.444. The van der Waals surface area contributed by atoms with E-state index in [-0.39, 0.29) is 11.2 Å². The summed E-state index contributed by atoms with van der Waals surface area (Å²) in [7, 11) is 0. The molecule has 0 unspecified atom stereocenters. The maximum absolute atomic E-state index is 12.5. The molecule has 0 aliphatic rings. The third-order valence-corrected chi connectivity index (χ3v) is 5.28. The van der Waals surface area contributed by atoms with Crippen molar-refractivity contribution in [1.29, 1.82) is 0 Å². The van der Waals surface area contributed by atoms with E-state index in [2.05, 4.69) is 35.6 Å². The average Bonchev–Trinajstić information content (AvgIpc) is 2.73. The number of rotatable bonds is 6. The van der Waals surface area contributed by atoms with Crippen molar-refractivity contribution >= 4 is 46.6 Å². The number of halogens is 2. The van der Waals surface area contributed by atoms with Gasteiger partial charge < -0.3 is 9.88 Å². The summed E-state index contributed by atoms with van der Waals surface area (Å²) < 4.78 is 2.19. The lowest BCUT2D eigenvalue weighted by molar-refractivity contribution is -0.115. The highest BCUT2D eigenvalue weighted by molar-refractivity contribution is 8.00. The molecular formula is C18H23Cl2N3OS. The van der Waals surface area contributed by atoms with Crippen LogP contribution in [0.2, 0.25) is 10.0 Å². The first-order valence-corrected chi connectivity index (χ1v) is 9.78. The van der Waals surface area contributed by atoms with Crippen LogP contribution in [0.15, 0.2) is 23.4 Å². The minimum Gasteiger partial charge on any atom is -0.325 e. The van der Waals surface area contributed by atoms with Gasteiger partial charge in [0.2, 0.25) is 5.91 Å². The molecule has 1 aromatic carbocycles. The molecule has 4 nitrogen and oxygen atoms in total. The maximum atomic E-state index is 12.5. The molecule has 0 saturated carbocycles. The van der Waals surface area contributed by atoms with E-state index in [9.17, 15) is 4.79 Å². The van der Waals surface area contributed by atoms with E-state index in [1.54, 1.807) is 18.2 Å². The summed E-state index contributed by atoms with van der Waals surface area (Å²) in [6.07, 6.45) is 0. The molecule has 0 radical (unpaired) electrons. The van der Waals surface area contributed by atoms with Crippen LogP contribution in [0, 0.1) is 19.8 Å². The molecule has 0 aliphatic heterocycles. The van der Waals surface area contributed by atoms with E-state index in [0.29, 0.717) is 21.7 Å². The quantitative estimate of drug-likeness (QED) is 0.644. The molecule has 25 heavy (non-hydrogen) atoms. The number of hydrogen-bond acceptors (Lipinski definition) is 3. The second kappa shape index (κ2) is 8.47. The van der Waals surface area contributed by atoms with Crippen molar-refractivity contribution in [3.8, 4) is 0 Å². The van der Waals surface area contributed by atoms with Crippen LogP contribution < -0.4 is 5.32 Å². The Morgan fingerprint density at radius 1 is 1.20 bits per heavy atom. The van der Waals surface area contributed by atoms with Gasteiger partial charge >= 0.3 is 0 Å². The monoisotopic (exact) mass is 399 g/mol. The second-order valence-electron chi connectivity index (χ2n) is 6.48. The number of nitrogens with one attached hydrogen (secondary N) is 1. The van der Waals surface area contributed by atoms with Crippen LogP contribution in [0.5, 0.6) is 0 Å². The Hall–Kier alpha value is -1.17. The van der Waals surface area contributed by atoms with Gasteiger partial charge in [-0.25, -0.2) is 4.98 Å². The number of carbonyl (C=O) groups is 1. The number of carbonyl (C=O) groups excluding carboxylic acids is 1. The van der Waals surface area contributed by atoms with Crippen molar-refractivity contribution in [2.45, 2.75) is 51.6 Å². The fourth-order valence-electron chi connectivity index (χ4n) is 2.38. The molecule has 136 valence electrons. The predicted octanol–water partition coefficient (Wildman–Crippen LogP) is 5.58. The number of benzene rings is 1.